The number of tetrazole rings is 1. The highest BCUT2D eigenvalue weighted by atomic mass is 79.9. The monoisotopic (exact) mass is 374 g/mol. The summed E-state index contributed by atoms with van der Waals surface area (Å²) in [6.07, 6.45) is 0. The van der Waals surface area contributed by atoms with Crippen LogP contribution in [0, 0.1) is 6.92 Å². The van der Waals surface area contributed by atoms with Crippen molar-refractivity contribution < 1.29 is 4.74 Å². The van der Waals surface area contributed by atoms with Crippen molar-refractivity contribution in [1.29, 1.82) is 0 Å². The number of nitrogens with zero attached hydrogens (tertiary/aromatic N) is 4. The van der Waals surface area contributed by atoms with E-state index in [0.717, 1.165) is 21.3 Å². The Kier molecular flexibility index (Phi) is 4.29. The van der Waals surface area contributed by atoms with E-state index in [1.165, 1.54) is 9.36 Å². The third-order valence-corrected chi connectivity index (χ3v) is 4.25. The van der Waals surface area contributed by atoms with Crippen molar-refractivity contribution in [1.82, 2.24) is 19.8 Å². The van der Waals surface area contributed by atoms with E-state index in [4.69, 9.17) is 4.74 Å². The molecule has 0 atom stereocenters. The van der Waals surface area contributed by atoms with Crippen LogP contribution in [0.3, 0.4) is 0 Å². The van der Waals surface area contributed by atoms with E-state index in [1.54, 1.807) is 7.05 Å². The van der Waals surface area contributed by atoms with Crippen LogP contribution in [-0.2, 0) is 13.7 Å². The number of aromatic nitrogens is 4. The van der Waals surface area contributed by atoms with Crippen molar-refractivity contribution >= 4 is 15.9 Å². The maximum Gasteiger partial charge on any atom is 0.368 e. The molecule has 0 fully saturated rings. The molecule has 7 heteroatoms. The van der Waals surface area contributed by atoms with Crippen LogP contribution in [0.1, 0.15) is 11.1 Å². The minimum absolute atomic E-state index is 0.305. The summed E-state index contributed by atoms with van der Waals surface area (Å²) in [4.78, 5) is 12.1. The average Bonchev–Trinajstić information content (AvgIpc) is 2.87. The lowest BCUT2D eigenvalue weighted by Gasteiger charge is -2.13. The molecule has 6 nitrogen and oxygen atoms in total. The highest BCUT2D eigenvalue weighted by molar-refractivity contribution is 9.10. The molecule has 2 aromatic carbocycles. The van der Waals surface area contributed by atoms with Gasteiger partial charge in [0.15, 0.2) is 0 Å². The maximum absolute atomic E-state index is 12.1. The summed E-state index contributed by atoms with van der Waals surface area (Å²) in [5.74, 6) is 0.806. The van der Waals surface area contributed by atoms with Gasteiger partial charge in [0.25, 0.3) is 0 Å². The summed E-state index contributed by atoms with van der Waals surface area (Å²) in [6.45, 7) is 2.30. The second-order valence-electron chi connectivity index (χ2n) is 5.09. The van der Waals surface area contributed by atoms with Crippen molar-refractivity contribution in [2.45, 2.75) is 13.5 Å². The minimum atomic E-state index is -0.305. The van der Waals surface area contributed by atoms with Gasteiger partial charge in [0.05, 0.1) is 5.69 Å². The molecule has 0 spiro atoms. The van der Waals surface area contributed by atoms with Crippen molar-refractivity contribution in [3.63, 3.8) is 0 Å². The Hall–Kier alpha value is -2.41. The number of halogens is 1. The number of rotatable bonds is 4. The Morgan fingerprint density at radius 2 is 1.91 bits per heavy atom. The van der Waals surface area contributed by atoms with Gasteiger partial charge in [-0.25, -0.2) is 4.79 Å². The summed E-state index contributed by atoms with van der Waals surface area (Å²) in [5.41, 5.74) is 2.22. The SMILES string of the molecule is Cc1ccccc1OCc1c(Br)cccc1-n1nnn(C)c1=O. The van der Waals surface area contributed by atoms with Crippen LogP contribution in [0.2, 0.25) is 0 Å². The minimum Gasteiger partial charge on any atom is -0.489 e. The standard InChI is InChI=1S/C16H15BrN4O2/c1-11-6-3-4-9-15(11)23-10-12-13(17)7-5-8-14(12)21-16(22)20(2)18-19-21/h3-9H,10H2,1-2H3. The summed E-state index contributed by atoms with van der Waals surface area (Å²) < 4.78 is 9.21. The maximum atomic E-state index is 12.1. The first-order chi connectivity index (χ1) is 11.1. The van der Waals surface area contributed by atoms with Crippen molar-refractivity contribution in [3.8, 4) is 11.4 Å². The highest BCUT2D eigenvalue weighted by Crippen LogP contribution is 2.25. The molecular weight excluding hydrogens is 360 g/mol. The molecule has 0 aliphatic rings. The smallest absolute Gasteiger partial charge is 0.368 e. The molecule has 0 saturated carbocycles. The normalized spacial score (nSPS) is 10.7. The average molecular weight is 375 g/mol. The first-order valence-corrected chi connectivity index (χ1v) is 7.82. The van der Waals surface area contributed by atoms with Gasteiger partial charge in [0, 0.05) is 17.1 Å². The second kappa shape index (κ2) is 6.37. The van der Waals surface area contributed by atoms with E-state index in [0.29, 0.717) is 12.3 Å². The first-order valence-electron chi connectivity index (χ1n) is 7.03. The van der Waals surface area contributed by atoms with E-state index in [-0.39, 0.29) is 5.69 Å². The lowest BCUT2D eigenvalue weighted by Crippen LogP contribution is -2.23. The number of hydrogen-bond acceptors (Lipinski definition) is 4. The Bertz CT molecular complexity index is 901. The molecule has 0 N–H and O–H groups in total. The summed E-state index contributed by atoms with van der Waals surface area (Å²) in [5, 5.41) is 7.66. The summed E-state index contributed by atoms with van der Waals surface area (Å²) >= 11 is 3.52. The summed E-state index contributed by atoms with van der Waals surface area (Å²) in [6, 6.07) is 13.4. The van der Waals surface area contributed by atoms with Crippen LogP contribution < -0.4 is 10.4 Å². The molecule has 0 aliphatic carbocycles. The van der Waals surface area contributed by atoms with Gasteiger partial charge < -0.3 is 4.74 Å². The third kappa shape index (κ3) is 3.05. The number of aryl methyl sites for hydroxylation is 2. The molecule has 23 heavy (non-hydrogen) atoms. The van der Waals surface area contributed by atoms with Crippen molar-refractivity contribution in [2.24, 2.45) is 7.05 Å². The van der Waals surface area contributed by atoms with Gasteiger partial charge in [-0.1, -0.05) is 40.2 Å². The predicted octanol–water partition coefficient (Wildman–Crippen LogP) is 2.62. The van der Waals surface area contributed by atoms with Crippen molar-refractivity contribution in [2.75, 3.05) is 0 Å². The molecule has 1 heterocycles. The highest BCUT2D eigenvalue weighted by Gasteiger charge is 2.14. The van der Waals surface area contributed by atoms with Crippen molar-refractivity contribution in [3.05, 3.63) is 68.5 Å². The fourth-order valence-corrected chi connectivity index (χ4v) is 2.69. The number of ether oxygens (including phenoxy) is 1. The fraction of sp³-hybridized carbons (Fsp3) is 0.188. The number of para-hydroxylation sites is 1. The zero-order valence-corrected chi connectivity index (χ0v) is 14.3. The van der Waals surface area contributed by atoms with Crippen LogP contribution in [-0.4, -0.2) is 19.8 Å². The van der Waals surface area contributed by atoms with E-state index < -0.39 is 0 Å². The van der Waals surface area contributed by atoms with Crippen LogP contribution >= 0.6 is 15.9 Å². The molecule has 1 aromatic heterocycles. The fourth-order valence-electron chi connectivity index (χ4n) is 2.22. The van der Waals surface area contributed by atoms with Gasteiger partial charge in [-0.3, -0.25) is 0 Å². The third-order valence-electron chi connectivity index (χ3n) is 3.51. The molecule has 0 aliphatic heterocycles. The quantitative estimate of drug-likeness (QED) is 0.704. The van der Waals surface area contributed by atoms with Gasteiger partial charge in [-0.2, -0.15) is 9.36 Å². The van der Waals surface area contributed by atoms with Gasteiger partial charge >= 0.3 is 5.69 Å². The molecule has 0 radical (unpaired) electrons. The zero-order chi connectivity index (χ0) is 16.4. The van der Waals surface area contributed by atoms with E-state index >= 15 is 0 Å². The largest absolute Gasteiger partial charge is 0.489 e. The predicted molar refractivity (Wildman–Crippen MR) is 89.8 cm³/mol. The number of benzene rings is 2. The van der Waals surface area contributed by atoms with Crippen LogP contribution in [0.15, 0.2) is 51.7 Å². The van der Waals surface area contributed by atoms with E-state index in [9.17, 15) is 4.79 Å². The topological polar surface area (TPSA) is 61.9 Å². The van der Waals surface area contributed by atoms with Crippen LogP contribution in [0.25, 0.3) is 5.69 Å². The Morgan fingerprint density at radius 1 is 1.13 bits per heavy atom. The number of hydrogen-bond donors (Lipinski definition) is 0. The Morgan fingerprint density at radius 3 is 2.61 bits per heavy atom. The van der Waals surface area contributed by atoms with Crippen LogP contribution in [0.5, 0.6) is 5.75 Å². The van der Waals surface area contributed by atoms with Gasteiger partial charge in [-0.05, 0) is 41.1 Å². The Balaban J connectivity index is 1.98. The molecule has 3 rings (SSSR count). The van der Waals surface area contributed by atoms with Crippen LogP contribution in [0.4, 0.5) is 0 Å². The van der Waals surface area contributed by atoms with Gasteiger partial charge in [0.2, 0.25) is 0 Å². The van der Waals surface area contributed by atoms with E-state index in [1.807, 2.05) is 49.4 Å². The second-order valence-corrected chi connectivity index (χ2v) is 5.94. The first kappa shape index (κ1) is 15.5. The lowest BCUT2D eigenvalue weighted by atomic mass is 10.2. The molecule has 118 valence electrons. The Labute approximate surface area is 141 Å². The molecule has 0 unspecified atom stereocenters. The lowest BCUT2D eigenvalue weighted by molar-refractivity contribution is 0.302. The van der Waals surface area contributed by atoms with Gasteiger partial charge in [0.1, 0.15) is 12.4 Å². The zero-order valence-electron chi connectivity index (χ0n) is 12.7. The molecular formula is C16H15BrN4O2. The van der Waals surface area contributed by atoms with Gasteiger partial charge in [-0.15, -0.1) is 0 Å². The molecule has 3 aromatic rings. The summed E-state index contributed by atoms with van der Waals surface area (Å²) in [7, 11) is 1.56. The molecule has 0 bridgehead atoms. The van der Waals surface area contributed by atoms with E-state index in [2.05, 4.69) is 26.4 Å². The molecule has 0 amide bonds. The molecule has 0 saturated heterocycles.